The van der Waals surface area contributed by atoms with E-state index in [0.717, 1.165) is 61.9 Å². The van der Waals surface area contributed by atoms with Crippen LogP contribution in [0, 0.1) is 13.8 Å². The molecule has 0 radical (unpaired) electrons. The number of nitrogens with zero attached hydrogens (tertiary/aromatic N) is 2. The molecule has 2 aromatic heterocycles. The predicted molar refractivity (Wildman–Crippen MR) is 203 cm³/mol. The molecule has 10 nitrogen and oxygen atoms in total. The van der Waals surface area contributed by atoms with Gasteiger partial charge in [0.25, 0.3) is 0 Å². The Labute approximate surface area is 305 Å². The van der Waals surface area contributed by atoms with Gasteiger partial charge in [-0.3, -0.25) is 0 Å². The van der Waals surface area contributed by atoms with Crippen molar-refractivity contribution in [1.82, 2.24) is 9.97 Å². The van der Waals surface area contributed by atoms with Crippen molar-refractivity contribution in [3.8, 4) is 34.5 Å². The van der Waals surface area contributed by atoms with E-state index < -0.39 is 11.6 Å². The molecule has 52 heavy (non-hydrogen) atoms. The molecule has 0 atom stereocenters. The third-order valence-electron chi connectivity index (χ3n) is 8.91. The molecule has 4 heterocycles. The van der Waals surface area contributed by atoms with E-state index in [1.807, 2.05) is 114 Å². The van der Waals surface area contributed by atoms with Crippen LogP contribution in [0.4, 0.5) is 0 Å². The second-order valence-electron chi connectivity index (χ2n) is 13.4. The van der Waals surface area contributed by atoms with Crippen molar-refractivity contribution in [3.05, 3.63) is 92.6 Å². The molecule has 0 unspecified atom stereocenters. The molecule has 10 heteroatoms. The van der Waals surface area contributed by atoms with Crippen LogP contribution in [-0.2, 0) is 22.7 Å². The number of aryl methyl sites for hydroxylation is 2. The van der Waals surface area contributed by atoms with Crippen molar-refractivity contribution in [2.45, 2.75) is 66.3 Å². The van der Waals surface area contributed by atoms with Crippen molar-refractivity contribution in [2.24, 2.45) is 0 Å². The van der Waals surface area contributed by atoms with Gasteiger partial charge in [0.2, 0.25) is 11.6 Å². The fourth-order valence-corrected chi connectivity index (χ4v) is 6.23. The number of hydrogen-bond acceptors (Lipinski definition) is 10. The van der Waals surface area contributed by atoms with E-state index in [0.29, 0.717) is 42.0 Å². The molecule has 0 fully saturated rings. The number of pyridine rings is 2. The number of aromatic nitrogens is 2. The van der Waals surface area contributed by atoms with Crippen LogP contribution in [0.25, 0.3) is 36.5 Å². The van der Waals surface area contributed by atoms with E-state index in [2.05, 4.69) is 0 Å². The van der Waals surface area contributed by atoms with E-state index in [-0.39, 0.29) is 0 Å². The average Bonchev–Trinajstić information content (AvgIpc) is 3.12. The van der Waals surface area contributed by atoms with Gasteiger partial charge in [-0.2, -0.15) is 0 Å². The molecule has 6 rings (SSSR count). The first-order valence-electron chi connectivity index (χ1n) is 17.1. The third kappa shape index (κ3) is 7.63. The zero-order chi connectivity index (χ0) is 37.2. The average molecular weight is 707 g/mol. The van der Waals surface area contributed by atoms with Gasteiger partial charge >= 0.3 is 0 Å². The van der Waals surface area contributed by atoms with Gasteiger partial charge in [0.15, 0.2) is 34.5 Å². The maximum Gasteiger partial charge on any atom is 0.205 e. The Kier molecular flexibility index (Phi) is 10.3. The van der Waals surface area contributed by atoms with Gasteiger partial charge in [-0.1, -0.05) is 36.4 Å². The lowest BCUT2D eigenvalue weighted by molar-refractivity contribution is -0.181. The molecule has 0 saturated carbocycles. The van der Waals surface area contributed by atoms with E-state index in [1.165, 1.54) is 0 Å². The van der Waals surface area contributed by atoms with Crippen LogP contribution < -0.4 is 28.4 Å². The number of ether oxygens (including phenoxy) is 8. The minimum atomic E-state index is -0.787. The van der Waals surface area contributed by atoms with Gasteiger partial charge in [0, 0.05) is 49.9 Å². The Morgan fingerprint density at radius 1 is 0.538 bits per heavy atom. The predicted octanol–water partition coefficient (Wildman–Crippen LogP) is 8.93. The summed E-state index contributed by atoms with van der Waals surface area (Å²) in [6, 6.07) is 11.6. The normalized spacial score (nSPS) is 16.0. The summed E-state index contributed by atoms with van der Waals surface area (Å²) in [6.45, 7) is 12.2. The second-order valence-corrected chi connectivity index (χ2v) is 13.4. The highest BCUT2D eigenvalue weighted by molar-refractivity contribution is 5.84. The Hall–Kier alpha value is -5.32. The lowest BCUT2D eigenvalue weighted by Crippen LogP contribution is -2.36. The Morgan fingerprint density at radius 3 is 1.35 bits per heavy atom. The van der Waals surface area contributed by atoms with Gasteiger partial charge in [0.05, 0.1) is 64.4 Å². The first kappa shape index (κ1) is 36.5. The molecule has 0 saturated heterocycles. The SMILES string of the molecule is COc1ccc(/C=C/c2nc(C)c3c(c2/C=C/c2nc(C)c4c(c2/C=C/c2ccc(OC)c(OC)c2)COC(C)(C)O4)COC(C)(C)O3)cc1OC. The van der Waals surface area contributed by atoms with Gasteiger partial charge in [0.1, 0.15) is 0 Å². The molecule has 4 aromatic rings. The topological polar surface area (TPSA) is 99.6 Å². The summed E-state index contributed by atoms with van der Waals surface area (Å²) in [7, 11) is 6.48. The fourth-order valence-electron chi connectivity index (χ4n) is 6.23. The highest BCUT2D eigenvalue weighted by atomic mass is 16.7. The first-order valence-corrected chi connectivity index (χ1v) is 17.1. The largest absolute Gasteiger partial charge is 0.493 e. The molecular formula is C42H46N2O8. The standard InChI is InChI=1S/C42H46N2O8/c1-25-40-32(24-50-42(5,6)52-40)30(33(43-25)17-12-28-14-20-36(46-8)38(22-28)48-10)16-18-34-29(15-11-27-13-19-35(45-7)37(21-27)47-9)31-23-49-41(3,4)51-39(31)26(2)44-34/h11-22H,23-24H2,1-10H3/b15-11+,17-12+,18-16+. The minimum Gasteiger partial charge on any atom is -0.493 e. The fraction of sp³-hybridized carbons (Fsp3) is 0.333. The van der Waals surface area contributed by atoms with Crippen LogP contribution in [0.3, 0.4) is 0 Å². The van der Waals surface area contributed by atoms with E-state index in [1.54, 1.807) is 28.4 Å². The molecule has 0 amide bonds. The molecule has 2 aromatic carbocycles. The van der Waals surface area contributed by atoms with Crippen molar-refractivity contribution in [1.29, 1.82) is 0 Å². The van der Waals surface area contributed by atoms with Crippen LogP contribution in [0.2, 0.25) is 0 Å². The molecule has 0 spiro atoms. The van der Waals surface area contributed by atoms with E-state index >= 15 is 0 Å². The Morgan fingerprint density at radius 2 is 0.923 bits per heavy atom. The molecule has 272 valence electrons. The highest BCUT2D eigenvalue weighted by Gasteiger charge is 2.33. The summed E-state index contributed by atoms with van der Waals surface area (Å²) in [4.78, 5) is 10.1. The lowest BCUT2D eigenvalue weighted by Gasteiger charge is -2.34. The van der Waals surface area contributed by atoms with Crippen molar-refractivity contribution < 1.29 is 37.9 Å². The molecule has 0 aliphatic carbocycles. The summed E-state index contributed by atoms with van der Waals surface area (Å²) in [6.07, 6.45) is 12.1. The number of fused-ring (bicyclic) bond motifs is 2. The number of methoxy groups -OCH3 is 4. The summed E-state index contributed by atoms with van der Waals surface area (Å²) in [5, 5.41) is 0. The highest BCUT2D eigenvalue weighted by Crippen LogP contribution is 2.41. The maximum atomic E-state index is 6.32. The monoisotopic (exact) mass is 706 g/mol. The Bertz CT molecular complexity index is 2080. The molecule has 2 aliphatic rings. The number of benzene rings is 2. The van der Waals surface area contributed by atoms with Crippen molar-refractivity contribution in [2.75, 3.05) is 28.4 Å². The summed E-state index contributed by atoms with van der Waals surface area (Å²) >= 11 is 0. The summed E-state index contributed by atoms with van der Waals surface area (Å²) in [5.41, 5.74) is 8.41. The maximum absolute atomic E-state index is 6.32. The van der Waals surface area contributed by atoms with Crippen molar-refractivity contribution in [3.63, 3.8) is 0 Å². The van der Waals surface area contributed by atoms with Gasteiger partial charge in [-0.15, -0.1) is 0 Å². The van der Waals surface area contributed by atoms with Crippen LogP contribution >= 0.6 is 0 Å². The van der Waals surface area contributed by atoms with Crippen LogP contribution in [-0.4, -0.2) is 50.0 Å². The first-order chi connectivity index (χ1) is 24.8. The van der Waals surface area contributed by atoms with Crippen molar-refractivity contribution >= 4 is 36.5 Å². The lowest BCUT2D eigenvalue weighted by atomic mass is 9.98. The summed E-state index contributed by atoms with van der Waals surface area (Å²) < 4.78 is 46.9. The number of hydrogen-bond donors (Lipinski definition) is 0. The molecule has 0 bridgehead atoms. The van der Waals surface area contributed by atoms with Gasteiger partial charge in [-0.05, 0) is 61.4 Å². The van der Waals surface area contributed by atoms with Crippen LogP contribution in [0.1, 0.15) is 83.9 Å². The van der Waals surface area contributed by atoms with E-state index in [4.69, 9.17) is 47.9 Å². The summed E-state index contributed by atoms with van der Waals surface area (Å²) in [5.74, 6) is 2.46. The number of rotatable bonds is 10. The molecular weight excluding hydrogens is 660 g/mol. The smallest absolute Gasteiger partial charge is 0.205 e. The third-order valence-corrected chi connectivity index (χ3v) is 8.91. The van der Waals surface area contributed by atoms with Gasteiger partial charge in [-0.25, -0.2) is 9.97 Å². The molecule has 0 N–H and O–H groups in total. The zero-order valence-electron chi connectivity index (χ0n) is 31.5. The van der Waals surface area contributed by atoms with Crippen LogP contribution in [0.15, 0.2) is 36.4 Å². The van der Waals surface area contributed by atoms with E-state index in [9.17, 15) is 0 Å². The minimum absolute atomic E-state index is 0.349. The molecule has 2 aliphatic heterocycles. The quantitative estimate of drug-likeness (QED) is 0.159. The second kappa shape index (κ2) is 14.7. The zero-order valence-corrected chi connectivity index (χ0v) is 31.5. The van der Waals surface area contributed by atoms with Gasteiger partial charge < -0.3 is 37.9 Å². The Balaban J connectivity index is 1.48. The van der Waals surface area contributed by atoms with Crippen LogP contribution in [0.5, 0.6) is 34.5 Å².